The van der Waals surface area contributed by atoms with Crippen molar-refractivity contribution in [3.8, 4) is 5.75 Å². The van der Waals surface area contributed by atoms with Crippen molar-refractivity contribution in [2.45, 2.75) is 165 Å². The molecule has 586 valence electrons. The highest BCUT2D eigenvalue weighted by atomic mass is 32.2. The summed E-state index contributed by atoms with van der Waals surface area (Å²) in [7, 11) is 0. The Kier molecular flexibility index (Phi) is 37.1. The van der Waals surface area contributed by atoms with E-state index in [0.717, 1.165) is 5.56 Å². The van der Waals surface area contributed by atoms with E-state index in [9.17, 15) is 102 Å². The predicted molar refractivity (Wildman–Crippen MR) is 390 cm³/mol. The Balaban J connectivity index is 1.55. The molecular formula is C72H96N14O21S. The van der Waals surface area contributed by atoms with E-state index in [1.165, 1.54) is 56.8 Å². The van der Waals surface area contributed by atoms with Gasteiger partial charge in [-0.25, -0.2) is 4.79 Å². The van der Waals surface area contributed by atoms with Crippen LogP contribution in [0.3, 0.4) is 0 Å². The lowest BCUT2D eigenvalue weighted by atomic mass is 9.99. The van der Waals surface area contributed by atoms with E-state index in [4.69, 9.17) is 11.5 Å². The summed E-state index contributed by atoms with van der Waals surface area (Å²) in [5.41, 5.74) is 13.7. The molecule has 21 N–H and O–H groups in total. The monoisotopic (exact) mass is 1520 g/mol. The third kappa shape index (κ3) is 31.7. The summed E-state index contributed by atoms with van der Waals surface area (Å²) in [6.07, 6.45) is -2.36. The number of carbonyl (C=O) groups excluding carboxylic acids is 13. The van der Waals surface area contributed by atoms with E-state index in [1.807, 2.05) is 0 Å². The van der Waals surface area contributed by atoms with Gasteiger partial charge >= 0.3 is 17.9 Å². The molecule has 36 heteroatoms. The molecule has 0 aliphatic heterocycles. The molecule has 108 heavy (non-hydrogen) atoms. The zero-order valence-electron chi connectivity index (χ0n) is 60.4. The summed E-state index contributed by atoms with van der Waals surface area (Å²) in [4.78, 5) is 216. The van der Waals surface area contributed by atoms with E-state index < -0.39 is 212 Å². The first kappa shape index (κ1) is 88.9. The number of aromatic hydroxyl groups is 1. The number of nitrogens with one attached hydrogen (secondary N) is 12. The fourth-order valence-electron chi connectivity index (χ4n) is 10.6. The van der Waals surface area contributed by atoms with Crippen LogP contribution in [0.2, 0.25) is 0 Å². The number of carboxylic acids is 3. The molecule has 4 aromatic rings. The fourth-order valence-corrected chi connectivity index (χ4v) is 11.1. The van der Waals surface area contributed by atoms with Gasteiger partial charge < -0.3 is 101 Å². The van der Waals surface area contributed by atoms with Crippen LogP contribution in [-0.4, -0.2) is 218 Å². The number of hydrogen-bond acceptors (Lipinski definition) is 20. The normalized spacial score (nSPS) is 14.4. The highest BCUT2D eigenvalue weighted by Crippen LogP contribution is 2.16. The Bertz CT molecular complexity index is 3770. The lowest BCUT2D eigenvalue weighted by Gasteiger charge is -2.29. The number of carbonyl (C=O) groups is 16. The van der Waals surface area contributed by atoms with Gasteiger partial charge in [0, 0.05) is 19.3 Å². The second kappa shape index (κ2) is 45.1. The van der Waals surface area contributed by atoms with Gasteiger partial charge in [0.1, 0.15) is 72.2 Å². The van der Waals surface area contributed by atoms with Crippen LogP contribution in [0, 0.1) is 11.8 Å². The number of amides is 13. The van der Waals surface area contributed by atoms with Crippen LogP contribution in [0.15, 0.2) is 115 Å². The lowest BCUT2D eigenvalue weighted by Crippen LogP contribution is -2.62. The largest absolute Gasteiger partial charge is 0.508 e. The van der Waals surface area contributed by atoms with Gasteiger partial charge in [-0.05, 0) is 84.4 Å². The predicted octanol–water partition coefficient (Wildman–Crippen LogP) is -3.18. The van der Waals surface area contributed by atoms with Gasteiger partial charge in [-0.1, -0.05) is 131 Å². The molecule has 0 saturated heterocycles. The molecule has 4 aromatic carbocycles. The molecule has 4 rings (SSSR count). The number of hydrogen-bond donors (Lipinski definition) is 19. The van der Waals surface area contributed by atoms with Crippen LogP contribution in [0.4, 0.5) is 0 Å². The van der Waals surface area contributed by atoms with Crippen LogP contribution in [0.25, 0.3) is 0 Å². The number of thioether (sulfide) groups is 1. The molecule has 35 nitrogen and oxygen atoms in total. The zero-order chi connectivity index (χ0) is 80.3. The standard InChI is InChI=1S/C72H96N14O21S/c1-38(2)28-54(72(106)107)84-61(95)40(5)76-65(99)51(33-56(74)89)80-70(104)55(37-87)85-64(98)47(26-27-108-6)78-68(102)52(34-58(91)92)81-67(101)50(32-44-22-24-45(88)25-23-44)83-71(105)60(39(3)4)86-69(103)53(35-59(93)94)82-66(100)49(31-43-20-14-9-15-21-43)77-57(90)36-75-63(97)48(30-42-18-12-8-13-19-42)79-62(96)46(73)29-41-16-10-7-11-17-41/h7-25,38-40,46-55,60,87-88H,26-37,73H2,1-6H3,(H2,74,89)(H,75,97)(H,76,99)(H,77,90)(H,78,102)(H,79,96)(H,80,104)(H,81,101)(H,82,100)(H,83,105)(H,84,95)(H,85,98)(H,86,103)(H,91,92)(H,93,94)(H,106,107)/t40-,46-,47-,48-,49-,50-,51-,52-,53-,54-,55-,60-/m0/s1. The van der Waals surface area contributed by atoms with Crippen molar-refractivity contribution in [3.63, 3.8) is 0 Å². The van der Waals surface area contributed by atoms with E-state index in [-0.39, 0.29) is 55.1 Å². The van der Waals surface area contributed by atoms with E-state index >= 15 is 0 Å². The number of phenolic OH excluding ortho intramolecular Hbond substituents is 1. The number of phenols is 1. The molecule has 13 amide bonds. The highest BCUT2D eigenvalue weighted by Gasteiger charge is 2.38. The second-order valence-electron chi connectivity index (χ2n) is 26.1. The van der Waals surface area contributed by atoms with Gasteiger partial charge in [0.05, 0.1) is 38.5 Å². The molecule has 0 aromatic heterocycles. The first-order valence-electron chi connectivity index (χ1n) is 34.4. The molecule has 0 saturated carbocycles. The van der Waals surface area contributed by atoms with Crippen molar-refractivity contribution in [3.05, 3.63) is 138 Å². The average Bonchev–Trinajstić information content (AvgIpc) is 0.845. The van der Waals surface area contributed by atoms with Crippen LogP contribution < -0.4 is 75.3 Å². The second-order valence-corrected chi connectivity index (χ2v) is 27.1. The third-order valence-electron chi connectivity index (χ3n) is 16.4. The number of aliphatic hydroxyl groups excluding tert-OH is 1. The van der Waals surface area contributed by atoms with Gasteiger partial charge in [0.2, 0.25) is 76.8 Å². The molecule has 0 aliphatic rings. The molecule has 0 bridgehead atoms. The van der Waals surface area contributed by atoms with Crippen molar-refractivity contribution in [2.75, 3.05) is 25.2 Å². The molecule has 0 spiro atoms. The number of aliphatic carboxylic acids is 3. The van der Waals surface area contributed by atoms with Crippen molar-refractivity contribution >= 4 is 106 Å². The van der Waals surface area contributed by atoms with Gasteiger partial charge in [-0.2, -0.15) is 11.8 Å². The van der Waals surface area contributed by atoms with Crippen LogP contribution >= 0.6 is 11.8 Å². The zero-order valence-corrected chi connectivity index (χ0v) is 61.2. The minimum Gasteiger partial charge on any atom is -0.508 e. The van der Waals surface area contributed by atoms with Gasteiger partial charge in [0.15, 0.2) is 0 Å². The Morgan fingerprint density at radius 3 is 1.24 bits per heavy atom. The highest BCUT2D eigenvalue weighted by molar-refractivity contribution is 7.98. The lowest BCUT2D eigenvalue weighted by molar-refractivity contribution is -0.143. The maximum absolute atomic E-state index is 14.5. The fraction of sp³-hybridized carbons (Fsp3) is 0.444. The Hall–Kier alpha value is -11.5. The molecule has 0 radical (unpaired) electrons. The number of nitrogens with two attached hydrogens (primary N) is 2. The maximum atomic E-state index is 14.5. The molecule has 12 atom stereocenters. The Morgan fingerprint density at radius 1 is 0.407 bits per heavy atom. The van der Waals surface area contributed by atoms with Crippen LogP contribution in [0.1, 0.15) is 89.0 Å². The van der Waals surface area contributed by atoms with Gasteiger partial charge in [-0.15, -0.1) is 0 Å². The summed E-state index contributed by atoms with van der Waals surface area (Å²) >= 11 is 1.17. The molecule has 0 unspecified atom stereocenters. The third-order valence-corrected chi connectivity index (χ3v) is 17.0. The van der Waals surface area contributed by atoms with Crippen molar-refractivity contribution in [1.29, 1.82) is 0 Å². The number of benzene rings is 4. The molecular weight excluding hydrogens is 1430 g/mol. The van der Waals surface area contributed by atoms with Crippen molar-refractivity contribution < 1.29 is 102 Å². The number of rotatable bonds is 46. The number of carboxylic acid groups (broad SMARTS) is 3. The maximum Gasteiger partial charge on any atom is 0.326 e. The van der Waals surface area contributed by atoms with Crippen molar-refractivity contribution in [2.24, 2.45) is 23.3 Å². The van der Waals surface area contributed by atoms with E-state index in [2.05, 4.69) is 63.8 Å². The summed E-state index contributed by atoms with van der Waals surface area (Å²) in [5.74, 6) is -20.0. The Morgan fingerprint density at radius 2 is 0.787 bits per heavy atom. The van der Waals surface area contributed by atoms with Gasteiger partial charge in [0.25, 0.3) is 0 Å². The topological polar surface area (TPSA) is 571 Å². The molecule has 0 fully saturated rings. The van der Waals surface area contributed by atoms with E-state index in [1.54, 1.807) is 111 Å². The summed E-state index contributed by atoms with van der Waals surface area (Å²) < 4.78 is 0. The number of aliphatic hydroxyl groups is 1. The van der Waals surface area contributed by atoms with Crippen LogP contribution in [-0.2, 0) is 102 Å². The smallest absolute Gasteiger partial charge is 0.326 e. The van der Waals surface area contributed by atoms with Crippen LogP contribution in [0.5, 0.6) is 5.75 Å². The minimum atomic E-state index is -2.07. The number of primary amides is 1. The average molecular weight is 1530 g/mol. The first-order chi connectivity index (χ1) is 51.1. The minimum absolute atomic E-state index is 0.0182. The Labute approximate surface area is 626 Å². The summed E-state index contributed by atoms with van der Waals surface area (Å²) in [5, 5.41) is 78.5. The van der Waals surface area contributed by atoms with Gasteiger partial charge in [-0.3, -0.25) is 71.9 Å². The van der Waals surface area contributed by atoms with Crippen molar-refractivity contribution in [1.82, 2.24) is 63.8 Å². The van der Waals surface area contributed by atoms with E-state index in [0.29, 0.717) is 11.1 Å². The SMILES string of the molecule is CSCC[C@H](NC(=O)[C@H](CC(=O)O)NC(=O)[C@H](Cc1ccc(O)cc1)NC(=O)[C@@H](NC(=O)[C@H](CC(=O)O)NC(=O)[C@H](Cc1ccccc1)NC(=O)CNC(=O)[C@H](Cc1ccccc1)NC(=O)[C@@H](N)Cc1ccccc1)C(C)C)C(=O)N[C@@H](CO)C(=O)N[C@@H](CC(N)=O)C(=O)N[C@@H](C)C(=O)N[C@@H](CC(C)C)C(=O)O. The first-order valence-corrected chi connectivity index (χ1v) is 35.8. The quantitative estimate of drug-likeness (QED) is 0.0207. The molecule has 0 heterocycles. The summed E-state index contributed by atoms with van der Waals surface area (Å²) in [6.45, 7) is 5.56. The summed E-state index contributed by atoms with van der Waals surface area (Å²) in [6, 6.07) is 11.2. The molecule has 0 aliphatic carbocycles.